The molecule has 3 aromatic rings. The Hall–Kier alpha value is -3.19. The predicted molar refractivity (Wildman–Crippen MR) is 119 cm³/mol. The minimum Gasteiger partial charge on any atom is -0.496 e. The third-order valence-corrected chi connectivity index (χ3v) is 5.88. The molecule has 0 atom stereocenters. The molecular weight excluding hydrogens is 398 g/mol. The average molecular weight is 422 g/mol. The van der Waals surface area contributed by atoms with Crippen LogP contribution in [0.3, 0.4) is 0 Å². The first-order chi connectivity index (χ1) is 14.5. The summed E-state index contributed by atoms with van der Waals surface area (Å²) >= 11 is 1.37. The van der Waals surface area contributed by atoms with Crippen LogP contribution < -0.4 is 15.0 Å². The van der Waals surface area contributed by atoms with Crippen LogP contribution in [-0.2, 0) is 4.79 Å². The molecule has 1 N–H and O–H groups in total. The number of carbonyl (C=O) groups is 2. The number of nitrogens with one attached hydrogen (secondary N) is 1. The number of rotatable bonds is 5. The Labute approximate surface area is 179 Å². The van der Waals surface area contributed by atoms with E-state index in [1.165, 1.54) is 11.3 Å². The molecule has 7 heteroatoms. The van der Waals surface area contributed by atoms with Crippen LogP contribution in [0.2, 0.25) is 0 Å². The van der Waals surface area contributed by atoms with Crippen molar-refractivity contribution in [3.05, 3.63) is 59.0 Å². The number of hydrogen-bond donors (Lipinski definition) is 1. The Kier molecular flexibility index (Phi) is 5.81. The zero-order valence-corrected chi connectivity index (χ0v) is 17.8. The van der Waals surface area contributed by atoms with Crippen molar-refractivity contribution in [3.8, 4) is 17.0 Å². The maximum absolute atomic E-state index is 12.6. The first kappa shape index (κ1) is 20.1. The van der Waals surface area contributed by atoms with Crippen LogP contribution in [0.15, 0.2) is 47.8 Å². The third kappa shape index (κ3) is 4.21. The Morgan fingerprint density at radius 1 is 1.17 bits per heavy atom. The second-order valence-corrected chi connectivity index (χ2v) is 8.10. The number of thiazole rings is 1. The van der Waals surface area contributed by atoms with Gasteiger partial charge in [0.05, 0.1) is 12.8 Å². The van der Waals surface area contributed by atoms with E-state index in [0.717, 1.165) is 47.6 Å². The number of methoxy groups -OCH3 is 1. The first-order valence-electron chi connectivity index (χ1n) is 9.87. The summed E-state index contributed by atoms with van der Waals surface area (Å²) < 4.78 is 5.43. The lowest BCUT2D eigenvalue weighted by Gasteiger charge is -2.26. The summed E-state index contributed by atoms with van der Waals surface area (Å²) in [6.07, 6.45) is 2.53. The van der Waals surface area contributed by atoms with Gasteiger partial charge in [0.15, 0.2) is 5.13 Å². The van der Waals surface area contributed by atoms with Gasteiger partial charge in [0.2, 0.25) is 5.91 Å². The van der Waals surface area contributed by atoms with Gasteiger partial charge in [0.25, 0.3) is 5.91 Å². The van der Waals surface area contributed by atoms with Crippen LogP contribution in [0.25, 0.3) is 11.3 Å². The number of benzene rings is 2. The van der Waals surface area contributed by atoms with E-state index < -0.39 is 0 Å². The molecule has 30 heavy (non-hydrogen) atoms. The van der Waals surface area contributed by atoms with E-state index in [-0.39, 0.29) is 11.8 Å². The lowest BCUT2D eigenvalue weighted by molar-refractivity contribution is -0.119. The van der Waals surface area contributed by atoms with Crippen molar-refractivity contribution in [3.63, 3.8) is 0 Å². The molecule has 0 bridgehead atoms. The van der Waals surface area contributed by atoms with Gasteiger partial charge in [-0.3, -0.25) is 14.9 Å². The van der Waals surface area contributed by atoms with Crippen molar-refractivity contribution >= 4 is 34.0 Å². The van der Waals surface area contributed by atoms with Crippen molar-refractivity contribution in [1.82, 2.24) is 4.98 Å². The van der Waals surface area contributed by atoms with Crippen molar-refractivity contribution < 1.29 is 14.3 Å². The Morgan fingerprint density at radius 3 is 2.70 bits per heavy atom. The Bertz CT molecular complexity index is 1080. The van der Waals surface area contributed by atoms with Gasteiger partial charge in [-0.25, -0.2) is 4.98 Å². The molecule has 1 aromatic heterocycles. The zero-order chi connectivity index (χ0) is 21.1. The van der Waals surface area contributed by atoms with Crippen LogP contribution in [0.5, 0.6) is 5.75 Å². The minimum absolute atomic E-state index is 0.139. The summed E-state index contributed by atoms with van der Waals surface area (Å²) in [4.78, 5) is 31.0. The van der Waals surface area contributed by atoms with E-state index in [4.69, 9.17) is 4.74 Å². The quantitative estimate of drug-likeness (QED) is 0.636. The molecule has 0 unspecified atom stereocenters. The molecule has 154 valence electrons. The lowest BCUT2D eigenvalue weighted by atomic mass is 10.1. The standard InChI is InChI=1S/C23H23N3O3S/c1-15-6-11-20(29-2)18(13-15)19-14-30-23(24-19)25-22(28)16-7-9-17(10-8-16)26-12-4-3-5-21(26)27/h6-11,13-14H,3-5,12H2,1-2H3,(H,24,25,28). The molecule has 1 saturated heterocycles. The molecule has 0 aliphatic carbocycles. The maximum Gasteiger partial charge on any atom is 0.257 e. The SMILES string of the molecule is COc1ccc(C)cc1-c1csc(NC(=O)c2ccc(N3CCCCC3=O)cc2)n1. The average Bonchev–Trinajstić information content (AvgIpc) is 3.22. The Balaban J connectivity index is 1.47. The fraction of sp³-hybridized carbons (Fsp3) is 0.261. The Morgan fingerprint density at radius 2 is 1.97 bits per heavy atom. The van der Waals surface area contributed by atoms with Crippen LogP contribution in [-0.4, -0.2) is 30.5 Å². The minimum atomic E-state index is -0.233. The van der Waals surface area contributed by atoms with Gasteiger partial charge in [0.1, 0.15) is 5.75 Å². The van der Waals surface area contributed by atoms with Crippen LogP contribution in [0.1, 0.15) is 35.2 Å². The number of ether oxygens (including phenoxy) is 1. The first-order valence-corrected chi connectivity index (χ1v) is 10.8. The molecule has 0 radical (unpaired) electrons. The van der Waals surface area contributed by atoms with Gasteiger partial charge < -0.3 is 9.64 Å². The van der Waals surface area contributed by atoms with Gasteiger partial charge in [-0.15, -0.1) is 11.3 Å². The van der Waals surface area contributed by atoms with E-state index in [9.17, 15) is 9.59 Å². The highest BCUT2D eigenvalue weighted by molar-refractivity contribution is 7.14. The number of aryl methyl sites for hydroxylation is 1. The molecule has 1 aliphatic rings. The summed E-state index contributed by atoms with van der Waals surface area (Å²) in [6, 6.07) is 13.0. The van der Waals surface area contributed by atoms with Gasteiger partial charge in [-0.05, 0) is 56.2 Å². The highest BCUT2D eigenvalue weighted by atomic mass is 32.1. The topological polar surface area (TPSA) is 71.5 Å². The number of carbonyl (C=O) groups excluding carboxylic acids is 2. The van der Waals surface area contributed by atoms with Crippen molar-refractivity contribution in [2.45, 2.75) is 26.2 Å². The van der Waals surface area contributed by atoms with Gasteiger partial charge in [0, 0.05) is 35.2 Å². The molecule has 1 fully saturated rings. The van der Waals surface area contributed by atoms with E-state index >= 15 is 0 Å². The van der Waals surface area contributed by atoms with Gasteiger partial charge >= 0.3 is 0 Å². The zero-order valence-electron chi connectivity index (χ0n) is 17.0. The number of amides is 2. The van der Waals surface area contributed by atoms with Crippen LogP contribution in [0.4, 0.5) is 10.8 Å². The molecule has 4 rings (SSSR count). The monoisotopic (exact) mass is 421 g/mol. The molecule has 0 saturated carbocycles. The smallest absolute Gasteiger partial charge is 0.257 e. The molecule has 2 amide bonds. The van der Waals surface area contributed by atoms with Gasteiger partial charge in [-0.1, -0.05) is 11.6 Å². The third-order valence-electron chi connectivity index (χ3n) is 5.12. The van der Waals surface area contributed by atoms with E-state index in [1.807, 2.05) is 42.6 Å². The van der Waals surface area contributed by atoms with E-state index in [2.05, 4.69) is 10.3 Å². The van der Waals surface area contributed by atoms with Crippen molar-refractivity contribution in [1.29, 1.82) is 0 Å². The van der Waals surface area contributed by atoms with E-state index in [0.29, 0.717) is 17.1 Å². The fourth-order valence-corrected chi connectivity index (χ4v) is 4.22. The van der Waals surface area contributed by atoms with Crippen LogP contribution in [0, 0.1) is 6.92 Å². The summed E-state index contributed by atoms with van der Waals surface area (Å²) in [5.41, 5.74) is 4.11. The molecular formula is C23H23N3O3S. The molecule has 6 nitrogen and oxygen atoms in total. The maximum atomic E-state index is 12.6. The summed E-state index contributed by atoms with van der Waals surface area (Å²) in [5, 5.41) is 5.28. The van der Waals surface area contributed by atoms with E-state index in [1.54, 1.807) is 24.1 Å². The second-order valence-electron chi connectivity index (χ2n) is 7.25. The number of anilines is 2. The number of hydrogen-bond acceptors (Lipinski definition) is 5. The number of nitrogens with zero attached hydrogens (tertiary/aromatic N) is 2. The summed E-state index contributed by atoms with van der Waals surface area (Å²) in [6.45, 7) is 2.74. The predicted octanol–water partition coefficient (Wildman–Crippen LogP) is 4.90. The molecule has 2 aromatic carbocycles. The largest absolute Gasteiger partial charge is 0.496 e. The summed E-state index contributed by atoms with van der Waals surface area (Å²) in [5.74, 6) is 0.649. The van der Waals surface area contributed by atoms with Crippen molar-refractivity contribution in [2.24, 2.45) is 0 Å². The number of aromatic nitrogens is 1. The molecule has 1 aliphatic heterocycles. The number of piperidine rings is 1. The van der Waals surface area contributed by atoms with Gasteiger partial charge in [-0.2, -0.15) is 0 Å². The van der Waals surface area contributed by atoms with Crippen molar-refractivity contribution in [2.75, 3.05) is 23.9 Å². The molecule has 2 heterocycles. The highest BCUT2D eigenvalue weighted by Crippen LogP contribution is 2.33. The van der Waals surface area contributed by atoms with Crippen LogP contribution >= 0.6 is 11.3 Å². The molecule has 0 spiro atoms. The lowest BCUT2D eigenvalue weighted by Crippen LogP contribution is -2.35. The normalized spacial score (nSPS) is 13.9. The fourth-order valence-electron chi connectivity index (χ4n) is 3.52. The highest BCUT2D eigenvalue weighted by Gasteiger charge is 2.20. The summed E-state index contributed by atoms with van der Waals surface area (Å²) in [7, 11) is 1.63. The second kappa shape index (κ2) is 8.67.